The Hall–Kier alpha value is -0.410. The number of carbonyl (C=O) groups excluding carboxylic acids is 1. The van der Waals surface area contributed by atoms with Crippen LogP contribution in [-0.2, 0) is 9.63 Å². The van der Waals surface area contributed by atoms with Gasteiger partial charge in [-0.25, -0.2) is 0 Å². The minimum absolute atomic E-state index is 0.141. The van der Waals surface area contributed by atoms with Crippen LogP contribution in [0.4, 0.5) is 0 Å². The van der Waals surface area contributed by atoms with Crippen LogP contribution in [0, 0.1) is 5.41 Å². The van der Waals surface area contributed by atoms with Crippen molar-refractivity contribution in [3.8, 4) is 0 Å². The largest absolute Gasteiger partial charge is 0.297 e. The summed E-state index contributed by atoms with van der Waals surface area (Å²) in [5, 5.41) is 2.01. The van der Waals surface area contributed by atoms with Crippen LogP contribution >= 0.6 is 0 Å². The summed E-state index contributed by atoms with van der Waals surface area (Å²) in [5.74, 6) is 0.281. The molecule has 0 spiro atoms. The number of nitrogens with zero attached hydrogens (tertiary/aromatic N) is 1. The molecule has 2 bridgehead atoms. The highest BCUT2D eigenvalue weighted by Crippen LogP contribution is 2.37. The van der Waals surface area contributed by atoms with Gasteiger partial charge in [-0.3, -0.25) is 9.63 Å². The van der Waals surface area contributed by atoms with Crippen LogP contribution in [-0.4, -0.2) is 29.5 Å². The Kier molecular flexibility index (Phi) is 1.96. The number of fused-ring (bicyclic) bond motifs is 2. The van der Waals surface area contributed by atoms with Crippen LogP contribution in [0.5, 0.6) is 0 Å². The van der Waals surface area contributed by atoms with E-state index < -0.39 is 0 Å². The lowest BCUT2D eigenvalue weighted by molar-refractivity contribution is -0.197. The van der Waals surface area contributed by atoms with E-state index in [2.05, 4.69) is 20.8 Å². The molecule has 74 valence electrons. The van der Waals surface area contributed by atoms with Crippen molar-refractivity contribution in [2.75, 3.05) is 6.54 Å². The van der Waals surface area contributed by atoms with Crippen molar-refractivity contribution in [1.29, 1.82) is 0 Å². The number of hydrogen-bond donors (Lipinski definition) is 0. The Labute approximate surface area is 79.0 Å². The molecule has 2 heterocycles. The fraction of sp³-hybridized carbons (Fsp3) is 0.900. The van der Waals surface area contributed by atoms with Crippen molar-refractivity contribution in [3.63, 3.8) is 0 Å². The smallest absolute Gasteiger partial charge is 0.165 e. The van der Waals surface area contributed by atoms with E-state index >= 15 is 0 Å². The molecule has 0 amide bonds. The first-order chi connectivity index (χ1) is 5.98. The molecule has 0 radical (unpaired) electrons. The summed E-state index contributed by atoms with van der Waals surface area (Å²) in [6.45, 7) is 7.38. The van der Waals surface area contributed by atoms with Crippen LogP contribution < -0.4 is 0 Å². The van der Waals surface area contributed by atoms with Gasteiger partial charge in [0.1, 0.15) is 6.10 Å². The van der Waals surface area contributed by atoms with Crippen molar-refractivity contribution in [1.82, 2.24) is 5.06 Å². The number of rotatable bonds is 0. The summed E-state index contributed by atoms with van der Waals surface area (Å²) in [4.78, 5) is 16.9. The summed E-state index contributed by atoms with van der Waals surface area (Å²) >= 11 is 0. The number of ketones is 1. The molecule has 2 fully saturated rings. The van der Waals surface area contributed by atoms with E-state index in [0.717, 1.165) is 13.0 Å². The van der Waals surface area contributed by atoms with E-state index in [1.165, 1.54) is 0 Å². The van der Waals surface area contributed by atoms with Gasteiger partial charge < -0.3 is 0 Å². The maximum atomic E-state index is 11.4. The molecule has 3 atom stereocenters. The number of carbonyl (C=O) groups is 1. The molecule has 13 heavy (non-hydrogen) atoms. The number of hydrogen-bond acceptors (Lipinski definition) is 3. The van der Waals surface area contributed by atoms with E-state index in [4.69, 9.17) is 4.84 Å². The van der Waals surface area contributed by atoms with E-state index in [1.54, 1.807) is 0 Å². The first kappa shape index (κ1) is 9.16. The number of hydroxylamine groups is 2. The molecule has 0 aliphatic carbocycles. The molecule has 0 aromatic rings. The zero-order valence-corrected chi connectivity index (χ0v) is 8.54. The molecule has 1 unspecified atom stereocenters. The molecule has 3 nitrogen and oxygen atoms in total. The van der Waals surface area contributed by atoms with Gasteiger partial charge in [-0.05, 0) is 5.41 Å². The monoisotopic (exact) mass is 183 g/mol. The lowest BCUT2D eigenvalue weighted by Gasteiger charge is -2.33. The van der Waals surface area contributed by atoms with Crippen molar-refractivity contribution in [2.45, 2.75) is 45.8 Å². The molecule has 0 aromatic heterocycles. The highest BCUT2D eigenvalue weighted by atomic mass is 16.7. The van der Waals surface area contributed by atoms with Crippen molar-refractivity contribution in [3.05, 3.63) is 0 Å². The van der Waals surface area contributed by atoms with Gasteiger partial charge in [-0.2, -0.15) is 5.06 Å². The average Bonchev–Trinajstić information content (AvgIpc) is 2.36. The van der Waals surface area contributed by atoms with Crippen LogP contribution in [0.3, 0.4) is 0 Å². The fourth-order valence-electron chi connectivity index (χ4n) is 2.17. The molecule has 2 aliphatic heterocycles. The zero-order valence-electron chi connectivity index (χ0n) is 8.54. The van der Waals surface area contributed by atoms with Crippen LogP contribution in [0.15, 0.2) is 0 Å². The van der Waals surface area contributed by atoms with Gasteiger partial charge in [-0.1, -0.05) is 20.8 Å². The SMILES string of the molecule is CC(C)(C)[C@H]1C[C@H]2ON1CCC2=O. The Morgan fingerprint density at radius 1 is 1.46 bits per heavy atom. The maximum Gasteiger partial charge on any atom is 0.165 e. The second-order valence-corrected chi connectivity index (χ2v) is 5.07. The molecule has 0 saturated carbocycles. The molecular formula is C10H17NO2. The number of Topliss-reactive ketones (excluding diaryl/α,β-unsaturated/α-hetero) is 1. The first-order valence-electron chi connectivity index (χ1n) is 4.94. The summed E-state index contributed by atoms with van der Waals surface area (Å²) in [7, 11) is 0. The highest BCUT2D eigenvalue weighted by Gasteiger charge is 2.45. The van der Waals surface area contributed by atoms with E-state index in [1.807, 2.05) is 5.06 Å². The average molecular weight is 183 g/mol. The Balaban J connectivity index is 2.15. The lowest BCUT2D eigenvalue weighted by Crippen LogP contribution is -2.40. The second kappa shape index (κ2) is 2.79. The van der Waals surface area contributed by atoms with Gasteiger partial charge in [-0.15, -0.1) is 0 Å². The van der Waals surface area contributed by atoms with Crippen molar-refractivity contribution in [2.24, 2.45) is 5.41 Å². The van der Waals surface area contributed by atoms with Crippen molar-refractivity contribution >= 4 is 5.78 Å². The molecule has 2 saturated heterocycles. The second-order valence-electron chi connectivity index (χ2n) is 5.07. The van der Waals surface area contributed by atoms with Crippen LogP contribution in [0.2, 0.25) is 0 Å². The van der Waals surface area contributed by atoms with E-state index in [9.17, 15) is 4.79 Å². The standard InChI is InChI=1S/C10H17NO2/c1-10(2,3)9-6-8-7(12)4-5-11(9)13-8/h8-9H,4-6H2,1-3H3/t8-,9-/m1/s1. The molecule has 0 aromatic carbocycles. The Morgan fingerprint density at radius 3 is 2.69 bits per heavy atom. The lowest BCUT2D eigenvalue weighted by atomic mass is 9.84. The molecule has 2 aliphatic rings. The van der Waals surface area contributed by atoms with Gasteiger partial charge in [0.25, 0.3) is 0 Å². The predicted octanol–water partition coefficient (Wildman–Crippen LogP) is 1.38. The van der Waals surface area contributed by atoms with E-state index in [-0.39, 0.29) is 17.3 Å². The normalized spacial score (nSPS) is 39.6. The minimum Gasteiger partial charge on any atom is -0.297 e. The zero-order chi connectivity index (χ0) is 9.64. The topological polar surface area (TPSA) is 29.5 Å². The fourth-order valence-corrected chi connectivity index (χ4v) is 2.17. The van der Waals surface area contributed by atoms with Crippen LogP contribution in [0.25, 0.3) is 0 Å². The summed E-state index contributed by atoms with van der Waals surface area (Å²) < 4.78 is 0. The molecule has 2 rings (SSSR count). The predicted molar refractivity (Wildman–Crippen MR) is 49.1 cm³/mol. The van der Waals surface area contributed by atoms with Gasteiger partial charge in [0.15, 0.2) is 5.78 Å². The Morgan fingerprint density at radius 2 is 2.15 bits per heavy atom. The van der Waals surface area contributed by atoms with E-state index in [0.29, 0.717) is 12.5 Å². The van der Waals surface area contributed by atoms with Crippen LogP contribution in [0.1, 0.15) is 33.6 Å². The maximum absolute atomic E-state index is 11.4. The van der Waals surface area contributed by atoms with Gasteiger partial charge in [0, 0.05) is 25.4 Å². The summed E-state index contributed by atoms with van der Waals surface area (Å²) in [6, 6.07) is 0.406. The van der Waals surface area contributed by atoms with Gasteiger partial charge >= 0.3 is 0 Å². The van der Waals surface area contributed by atoms with Gasteiger partial charge in [0.05, 0.1) is 0 Å². The van der Waals surface area contributed by atoms with Crippen molar-refractivity contribution < 1.29 is 9.63 Å². The summed E-state index contributed by atoms with van der Waals surface area (Å²) in [6.07, 6.45) is 1.40. The Bertz CT molecular complexity index is 232. The quantitative estimate of drug-likeness (QED) is 0.568. The third-order valence-electron chi connectivity index (χ3n) is 2.98. The summed E-state index contributed by atoms with van der Waals surface area (Å²) in [5.41, 5.74) is 0.208. The first-order valence-corrected chi connectivity index (χ1v) is 4.94. The third-order valence-corrected chi connectivity index (χ3v) is 2.98. The highest BCUT2D eigenvalue weighted by molar-refractivity contribution is 5.84. The molecule has 0 N–H and O–H groups in total. The minimum atomic E-state index is -0.141. The molecular weight excluding hydrogens is 166 g/mol. The van der Waals surface area contributed by atoms with Gasteiger partial charge in [0.2, 0.25) is 0 Å². The third kappa shape index (κ3) is 1.51. The molecule has 3 heteroatoms.